The maximum absolute atomic E-state index is 12.3. The summed E-state index contributed by atoms with van der Waals surface area (Å²) in [6, 6.07) is 1.72. The summed E-state index contributed by atoms with van der Waals surface area (Å²) in [6.07, 6.45) is 6.88. The summed E-state index contributed by atoms with van der Waals surface area (Å²) in [4.78, 5) is 12.3. The summed E-state index contributed by atoms with van der Waals surface area (Å²) < 4.78 is 1.68. The number of carbonyl (C=O) groups is 1. The number of nitrogens with two attached hydrogens (primary N) is 1. The lowest BCUT2D eigenvalue weighted by atomic mass is 9.94. The molecular weight excluding hydrogens is 214 g/mol. The molecule has 1 aliphatic rings. The van der Waals surface area contributed by atoms with Crippen molar-refractivity contribution in [2.45, 2.75) is 52.0 Å². The van der Waals surface area contributed by atoms with E-state index in [1.165, 1.54) is 25.7 Å². The first-order chi connectivity index (χ1) is 8.22. The van der Waals surface area contributed by atoms with E-state index in [2.05, 4.69) is 5.10 Å². The van der Waals surface area contributed by atoms with Crippen molar-refractivity contribution in [3.63, 3.8) is 0 Å². The van der Waals surface area contributed by atoms with E-state index in [-0.39, 0.29) is 11.7 Å². The third kappa shape index (κ3) is 2.68. The Morgan fingerprint density at radius 3 is 2.59 bits per heavy atom. The molecule has 1 aromatic rings. The van der Waals surface area contributed by atoms with E-state index in [1.807, 2.05) is 6.92 Å². The van der Waals surface area contributed by atoms with Crippen LogP contribution in [0.4, 0.5) is 5.82 Å². The number of ketones is 1. The lowest BCUT2D eigenvalue weighted by molar-refractivity contribution is 0.0902. The third-order valence-electron chi connectivity index (χ3n) is 3.59. The number of hydrogen-bond acceptors (Lipinski definition) is 3. The second-order valence-electron chi connectivity index (χ2n) is 4.82. The van der Waals surface area contributed by atoms with Crippen LogP contribution in [0.25, 0.3) is 0 Å². The van der Waals surface area contributed by atoms with Gasteiger partial charge in [-0.3, -0.25) is 4.79 Å². The van der Waals surface area contributed by atoms with Crippen LogP contribution in [0, 0.1) is 5.92 Å². The van der Waals surface area contributed by atoms with Crippen LogP contribution in [-0.4, -0.2) is 15.6 Å². The van der Waals surface area contributed by atoms with Crippen molar-refractivity contribution in [1.29, 1.82) is 0 Å². The van der Waals surface area contributed by atoms with Gasteiger partial charge in [-0.1, -0.05) is 25.7 Å². The van der Waals surface area contributed by atoms with Gasteiger partial charge in [-0.15, -0.1) is 0 Å². The van der Waals surface area contributed by atoms with Crippen molar-refractivity contribution in [3.05, 3.63) is 11.8 Å². The first-order valence-corrected chi connectivity index (χ1v) is 6.60. The maximum Gasteiger partial charge on any atom is 0.186 e. The number of carbonyl (C=O) groups excluding carboxylic acids is 1. The number of aryl methyl sites for hydroxylation is 1. The Morgan fingerprint density at radius 1 is 1.41 bits per heavy atom. The van der Waals surface area contributed by atoms with Crippen molar-refractivity contribution in [2.24, 2.45) is 5.92 Å². The number of nitrogen functional groups attached to an aromatic ring is 1. The summed E-state index contributed by atoms with van der Waals surface area (Å²) in [5.74, 6) is 0.937. The molecule has 2 rings (SSSR count). The Bertz CT molecular complexity index is 389. The van der Waals surface area contributed by atoms with E-state index in [4.69, 9.17) is 5.73 Å². The van der Waals surface area contributed by atoms with Crippen molar-refractivity contribution in [3.8, 4) is 0 Å². The first-order valence-electron chi connectivity index (χ1n) is 6.60. The fourth-order valence-electron chi connectivity index (χ4n) is 2.56. The molecule has 17 heavy (non-hydrogen) atoms. The van der Waals surface area contributed by atoms with Crippen LogP contribution in [0.1, 0.15) is 55.9 Å². The number of Topliss-reactive ketones (excluding diaryl/α,β-unsaturated/α-hetero) is 1. The average Bonchev–Trinajstić information content (AvgIpc) is 2.56. The summed E-state index contributed by atoms with van der Waals surface area (Å²) >= 11 is 0. The van der Waals surface area contributed by atoms with Gasteiger partial charge in [0.05, 0.1) is 0 Å². The topological polar surface area (TPSA) is 60.9 Å². The van der Waals surface area contributed by atoms with Crippen LogP contribution in [0.15, 0.2) is 6.07 Å². The summed E-state index contributed by atoms with van der Waals surface area (Å²) in [7, 11) is 0. The number of anilines is 1. The monoisotopic (exact) mass is 235 g/mol. The summed E-state index contributed by atoms with van der Waals surface area (Å²) in [5, 5.41) is 4.28. The smallest absolute Gasteiger partial charge is 0.186 e. The number of nitrogens with zero attached hydrogens (tertiary/aromatic N) is 2. The molecule has 94 valence electrons. The van der Waals surface area contributed by atoms with Gasteiger partial charge in [0.25, 0.3) is 0 Å². The van der Waals surface area contributed by atoms with Crippen molar-refractivity contribution in [1.82, 2.24) is 9.78 Å². The molecule has 4 nitrogen and oxygen atoms in total. The zero-order chi connectivity index (χ0) is 12.3. The minimum atomic E-state index is 0.164. The molecule has 2 N–H and O–H groups in total. The zero-order valence-corrected chi connectivity index (χ0v) is 10.5. The zero-order valence-electron chi connectivity index (χ0n) is 10.5. The van der Waals surface area contributed by atoms with Crippen LogP contribution < -0.4 is 5.73 Å². The average molecular weight is 235 g/mol. The van der Waals surface area contributed by atoms with E-state index < -0.39 is 0 Å². The Balaban J connectivity index is 2.11. The molecule has 0 saturated heterocycles. The van der Waals surface area contributed by atoms with E-state index >= 15 is 0 Å². The molecule has 1 fully saturated rings. The van der Waals surface area contributed by atoms with Crippen LogP contribution in [-0.2, 0) is 6.54 Å². The van der Waals surface area contributed by atoms with Gasteiger partial charge in [0, 0.05) is 18.5 Å². The van der Waals surface area contributed by atoms with Crippen molar-refractivity contribution in [2.75, 3.05) is 5.73 Å². The second-order valence-corrected chi connectivity index (χ2v) is 4.82. The van der Waals surface area contributed by atoms with Crippen LogP contribution >= 0.6 is 0 Å². The SMILES string of the molecule is CCn1nc(C(=O)C2CCCCCC2)cc1N. The third-order valence-corrected chi connectivity index (χ3v) is 3.59. The largest absolute Gasteiger partial charge is 0.384 e. The van der Waals surface area contributed by atoms with Gasteiger partial charge >= 0.3 is 0 Å². The van der Waals surface area contributed by atoms with E-state index in [1.54, 1.807) is 10.7 Å². The van der Waals surface area contributed by atoms with Crippen molar-refractivity contribution >= 4 is 11.6 Å². The highest BCUT2D eigenvalue weighted by atomic mass is 16.1. The van der Waals surface area contributed by atoms with Gasteiger partial charge in [-0.2, -0.15) is 5.10 Å². The van der Waals surface area contributed by atoms with Gasteiger partial charge in [0.2, 0.25) is 0 Å². The van der Waals surface area contributed by atoms with Gasteiger partial charge in [0.1, 0.15) is 11.5 Å². The second kappa shape index (κ2) is 5.34. The molecule has 0 radical (unpaired) electrons. The molecule has 4 heteroatoms. The van der Waals surface area contributed by atoms with Gasteiger partial charge in [-0.25, -0.2) is 4.68 Å². The highest BCUT2D eigenvalue weighted by Crippen LogP contribution is 2.26. The number of aromatic nitrogens is 2. The highest BCUT2D eigenvalue weighted by Gasteiger charge is 2.23. The molecule has 1 saturated carbocycles. The molecule has 1 heterocycles. The van der Waals surface area contributed by atoms with Crippen LogP contribution in [0.3, 0.4) is 0 Å². The van der Waals surface area contributed by atoms with Crippen molar-refractivity contribution < 1.29 is 4.79 Å². The minimum Gasteiger partial charge on any atom is -0.384 e. The molecule has 0 aliphatic heterocycles. The Kier molecular flexibility index (Phi) is 3.82. The Morgan fingerprint density at radius 2 is 2.06 bits per heavy atom. The van der Waals surface area contributed by atoms with Crippen LogP contribution in [0.5, 0.6) is 0 Å². The van der Waals surface area contributed by atoms with Gasteiger partial charge in [0.15, 0.2) is 5.78 Å². The molecular formula is C13H21N3O. The predicted octanol–water partition coefficient (Wildman–Crippen LogP) is 2.64. The Labute approximate surface area is 102 Å². The first kappa shape index (κ1) is 12.1. The summed E-state index contributed by atoms with van der Waals surface area (Å²) in [5.41, 5.74) is 6.35. The van der Waals surface area contributed by atoms with Gasteiger partial charge in [-0.05, 0) is 19.8 Å². The Hall–Kier alpha value is -1.32. The number of rotatable bonds is 3. The maximum atomic E-state index is 12.3. The molecule has 0 amide bonds. The molecule has 0 aromatic carbocycles. The molecule has 1 aromatic heterocycles. The van der Waals surface area contributed by atoms with Crippen LogP contribution in [0.2, 0.25) is 0 Å². The fraction of sp³-hybridized carbons (Fsp3) is 0.692. The van der Waals surface area contributed by atoms with E-state index in [0.717, 1.165) is 12.8 Å². The van der Waals surface area contributed by atoms with E-state index in [9.17, 15) is 4.79 Å². The van der Waals surface area contributed by atoms with E-state index in [0.29, 0.717) is 18.1 Å². The highest BCUT2D eigenvalue weighted by molar-refractivity contribution is 5.96. The normalized spacial score (nSPS) is 17.9. The molecule has 0 bridgehead atoms. The minimum absolute atomic E-state index is 0.164. The van der Waals surface area contributed by atoms with Gasteiger partial charge < -0.3 is 5.73 Å². The molecule has 0 spiro atoms. The predicted molar refractivity (Wildman–Crippen MR) is 67.8 cm³/mol. The lowest BCUT2D eigenvalue weighted by Crippen LogP contribution is -2.15. The summed E-state index contributed by atoms with van der Waals surface area (Å²) in [6.45, 7) is 2.69. The number of hydrogen-bond donors (Lipinski definition) is 1. The fourth-order valence-corrected chi connectivity index (χ4v) is 2.56. The molecule has 0 unspecified atom stereocenters. The molecule has 0 atom stereocenters. The molecule has 1 aliphatic carbocycles. The lowest BCUT2D eigenvalue weighted by Gasteiger charge is -2.10. The standard InChI is InChI=1S/C13H21N3O/c1-2-16-12(14)9-11(15-16)13(17)10-7-5-3-4-6-8-10/h9-10H,2-8,14H2,1H3. The quantitative estimate of drug-likeness (QED) is 0.647.